The van der Waals surface area contributed by atoms with Gasteiger partial charge in [-0.25, -0.2) is 0 Å². The summed E-state index contributed by atoms with van der Waals surface area (Å²) in [5.74, 6) is 0. The first-order chi connectivity index (χ1) is 29.1. The standard InChI is InChI=1S/C57H34S2/c1-3-51-55(36-12-5-4-11-32(36)2)47-26-25-46-41-22-19-33(29-48(41)40-15-8-9-16-44(40)56(46)57(47)59-51)34-20-27-52-49(30-34)50-31-35(21-28-53(50)58-52)37-23-24-45-39-14-7-6-13-38(39)43-18-10-17-42(37)54(43)45/h3-31H,1H2,2H3. The second-order valence-corrected chi connectivity index (χ2v) is 18.1. The lowest BCUT2D eigenvalue weighted by atomic mass is 9.90. The number of thiophene rings is 2. The van der Waals surface area contributed by atoms with E-state index in [0.717, 1.165) is 0 Å². The van der Waals surface area contributed by atoms with Gasteiger partial charge in [-0.15, -0.1) is 22.7 Å². The minimum atomic E-state index is 1.22. The van der Waals surface area contributed by atoms with Crippen LogP contribution in [0.25, 0.3) is 135 Å². The van der Waals surface area contributed by atoms with Gasteiger partial charge < -0.3 is 0 Å². The molecule has 0 bridgehead atoms. The Morgan fingerprint density at radius 3 is 1.69 bits per heavy atom. The average molecular weight is 783 g/mol. The van der Waals surface area contributed by atoms with E-state index in [1.165, 1.54) is 139 Å². The van der Waals surface area contributed by atoms with Crippen molar-refractivity contribution < 1.29 is 0 Å². The minimum absolute atomic E-state index is 1.22. The van der Waals surface area contributed by atoms with Gasteiger partial charge in [0.05, 0.1) is 0 Å². The molecule has 10 aromatic carbocycles. The van der Waals surface area contributed by atoms with Gasteiger partial charge >= 0.3 is 0 Å². The van der Waals surface area contributed by atoms with Crippen LogP contribution in [0.3, 0.4) is 0 Å². The summed E-state index contributed by atoms with van der Waals surface area (Å²) in [6.45, 7) is 6.47. The molecule has 13 rings (SSSR count). The Labute approximate surface area is 349 Å². The second-order valence-electron chi connectivity index (χ2n) is 16.0. The van der Waals surface area contributed by atoms with E-state index in [9.17, 15) is 0 Å². The number of fused-ring (bicyclic) bond motifs is 14. The number of rotatable bonds is 4. The molecule has 0 amide bonds. The van der Waals surface area contributed by atoms with Crippen LogP contribution in [0.5, 0.6) is 0 Å². The maximum absolute atomic E-state index is 4.26. The molecule has 59 heavy (non-hydrogen) atoms. The van der Waals surface area contributed by atoms with E-state index in [-0.39, 0.29) is 0 Å². The highest BCUT2D eigenvalue weighted by atomic mass is 32.1. The van der Waals surface area contributed by atoms with Crippen molar-refractivity contribution in [1.82, 2.24) is 0 Å². The highest BCUT2D eigenvalue weighted by Gasteiger charge is 2.23. The molecule has 0 unspecified atom stereocenters. The van der Waals surface area contributed by atoms with Gasteiger partial charge in [-0.3, -0.25) is 0 Å². The zero-order valence-electron chi connectivity index (χ0n) is 32.3. The first-order valence-corrected chi connectivity index (χ1v) is 21.9. The van der Waals surface area contributed by atoms with E-state index in [1.807, 2.05) is 28.7 Å². The van der Waals surface area contributed by atoms with Crippen molar-refractivity contribution in [3.05, 3.63) is 187 Å². The predicted molar refractivity (Wildman–Crippen MR) is 260 cm³/mol. The maximum atomic E-state index is 4.26. The molecule has 2 aromatic heterocycles. The second kappa shape index (κ2) is 12.3. The quantitative estimate of drug-likeness (QED) is 0.156. The summed E-state index contributed by atoms with van der Waals surface area (Å²) in [5.41, 5.74) is 14.2. The van der Waals surface area contributed by atoms with E-state index in [4.69, 9.17) is 0 Å². The Morgan fingerprint density at radius 2 is 0.915 bits per heavy atom. The summed E-state index contributed by atoms with van der Waals surface area (Å²) in [5, 5.41) is 14.4. The summed E-state index contributed by atoms with van der Waals surface area (Å²) in [6, 6.07) is 63.9. The lowest BCUT2D eigenvalue weighted by Gasteiger charge is -2.13. The van der Waals surface area contributed by atoms with Crippen LogP contribution in [-0.2, 0) is 0 Å². The number of hydrogen-bond donors (Lipinski definition) is 0. The maximum Gasteiger partial charge on any atom is 0.0440 e. The van der Waals surface area contributed by atoms with Crippen LogP contribution in [-0.4, -0.2) is 0 Å². The van der Waals surface area contributed by atoms with Gasteiger partial charge in [0.1, 0.15) is 0 Å². The zero-order valence-corrected chi connectivity index (χ0v) is 33.9. The van der Waals surface area contributed by atoms with Crippen LogP contribution in [0.4, 0.5) is 0 Å². The average Bonchev–Trinajstić information content (AvgIpc) is 3.96. The van der Waals surface area contributed by atoms with Crippen LogP contribution in [0, 0.1) is 6.92 Å². The smallest absolute Gasteiger partial charge is 0.0440 e. The van der Waals surface area contributed by atoms with Crippen LogP contribution in [0.1, 0.15) is 10.4 Å². The van der Waals surface area contributed by atoms with Crippen molar-refractivity contribution in [2.45, 2.75) is 6.92 Å². The molecular weight excluding hydrogens is 749 g/mol. The topological polar surface area (TPSA) is 0 Å². The Bertz CT molecular complexity index is 3770. The van der Waals surface area contributed by atoms with Gasteiger partial charge in [0.15, 0.2) is 0 Å². The molecule has 0 nitrogen and oxygen atoms in total. The summed E-state index contributed by atoms with van der Waals surface area (Å²) < 4.78 is 3.97. The van der Waals surface area contributed by atoms with Gasteiger partial charge in [-0.05, 0) is 131 Å². The van der Waals surface area contributed by atoms with Gasteiger partial charge in [0.25, 0.3) is 0 Å². The summed E-state index contributed by atoms with van der Waals surface area (Å²) in [6.07, 6.45) is 2.04. The summed E-state index contributed by atoms with van der Waals surface area (Å²) in [4.78, 5) is 1.22. The molecule has 274 valence electrons. The van der Waals surface area contributed by atoms with E-state index >= 15 is 0 Å². The molecule has 0 N–H and O–H groups in total. The third kappa shape index (κ3) is 4.64. The number of benzene rings is 10. The van der Waals surface area contributed by atoms with Crippen LogP contribution in [0.15, 0.2) is 176 Å². The van der Waals surface area contributed by atoms with Crippen molar-refractivity contribution in [3.63, 3.8) is 0 Å². The molecule has 0 radical (unpaired) electrons. The SMILES string of the molecule is C=Cc1sc2c(ccc3c4ccc(-c5ccc6sc7ccc(-c8ccc9c%10c(cccc8%10)-c8ccccc8-9)cc7c6c5)cc4c4ccccc4c32)c1-c1ccccc1C. The highest BCUT2D eigenvalue weighted by molar-refractivity contribution is 7.25. The minimum Gasteiger partial charge on any atom is -0.135 e. The summed E-state index contributed by atoms with van der Waals surface area (Å²) in [7, 11) is 0. The van der Waals surface area contributed by atoms with E-state index < -0.39 is 0 Å². The van der Waals surface area contributed by atoms with Crippen molar-refractivity contribution in [2.24, 2.45) is 0 Å². The number of aryl methyl sites for hydroxylation is 1. The normalized spacial score (nSPS) is 12.2. The van der Waals surface area contributed by atoms with E-state index in [0.29, 0.717) is 0 Å². The Balaban J connectivity index is 0.973. The Hall–Kier alpha value is -6.84. The number of hydrogen-bond acceptors (Lipinski definition) is 2. The van der Waals surface area contributed by atoms with E-state index in [1.54, 1.807) is 0 Å². The van der Waals surface area contributed by atoms with Crippen molar-refractivity contribution in [3.8, 4) is 55.6 Å². The fourth-order valence-corrected chi connectivity index (χ4v) is 12.5. The molecule has 2 heteroatoms. The van der Waals surface area contributed by atoms with Crippen molar-refractivity contribution in [1.29, 1.82) is 0 Å². The Kier molecular flexibility index (Phi) is 6.93. The van der Waals surface area contributed by atoms with Gasteiger partial charge in [-0.2, -0.15) is 0 Å². The largest absolute Gasteiger partial charge is 0.135 e. The predicted octanol–water partition coefficient (Wildman–Crippen LogP) is 17.5. The molecule has 12 aromatic rings. The Morgan fingerprint density at radius 1 is 0.373 bits per heavy atom. The van der Waals surface area contributed by atoms with Crippen LogP contribution >= 0.6 is 22.7 Å². The third-order valence-electron chi connectivity index (χ3n) is 12.9. The van der Waals surface area contributed by atoms with Crippen molar-refractivity contribution in [2.75, 3.05) is 0 Å². The third-order valence-corrected chi connectivity index (χ3v) is 15.3. The molecule has 1 aliphatic carbocycles. The van der Waals surface area contributed by atoms with Crippen LogP contribution in [0.2, 0.25) is 0 Å². The lowest BCUT2D eigenvalue weighted by molar-refractivity contribution is 1.47. The molecule has 0 saturated carbocycles. The molecule has 0 saturated heterocycles. The molecule has 0 fully saturated rings. The monoisotopic (exact) mass is 782 g/mol. The molecule has 1 aliphatic rings. The molecule has 0 atom stereocenters. The van der Waals surface area contributed by atoms with Gasteiger partial charge in [-0.1, -0.05) is 152 Å². The highest BCUT2D eigenvalue weighted by Crippen LogP contribution is 2.51. The lowest BCUT2D eigenvalue weighted by Crippen LogP contribution is -1.86. The first kappa shape index (κ1) is 33.2. The van der Waals surface area contributed by atoms with E-state index in [2.05, 4.69) is 183 Å². The van der Waals surface area contributed by atoms with Crippen LogP contribution < -0.4 is 0 Å². The van der Waals surface area contributed by atoms with Gasteiger partial charge in [0, 0.05) is 46.1 Å². The fraction of sp³-hybridized carbons (Fsp3) is 0.0175. The molecule has 0 aliphatic heterocycles. The molecular formula is C57H34S2. The molecule has 0 spiro atoms. The molecule has 2 heterocycles. The first-order valence-electron chi connectivity index (χ1n) is 20.3. The van der Waals surface area contributed by atoms with Crippen molar-refractivity contribution >= 4 is 102 Å². The fourth-order valence-electron chi connectivity index (χ4n) is 10.2. The zero-order chi connectivity index (χ0) is 38.9. The summed E-state index contributed by atoms with van der Waals surface area (Å²) >= 11 is 3.75. The van der Waals surface area contributed by atoms with Gasteiger partial charge in [0.2, 0.25) is 0 Å².